The van der Waals surface area contributed by atoms with Crippen LogP contribution in [0.2, 0.25) is 0 Å². The number of hydrogen-bond donors (Lipinski definition) is 1. The highest BCUT2D eigenvalue weighted by molar-refractivity contribution is 7.89. The molecule has 1 atom stereocenters. The fraction of sp³-hybridized carbons (Fsp3) is 0.667. The van der Waals surface area contributed by atoms with Crippen molar-refractivity contribution in [1.29, 1.82) is 0 Å². The number of hydrogen-bond acceptors (Lipinski definition) is 3. The van der Waals surface area contributed by atoms with Crippen LogP contribution in [0.5, 0.6) is 0 Å². The monoisotopic (exact) mass is 265 g/mol. The Labute approximate surface area is 101 Å². The molecule has 1 aromatic heterocycles. The maximum atomic E-state index is 11.6. The lowest BCUT2D eigenvalue weighted by Crippen LogP contribution is -2.30. The van der Waals surface area contributed by atoms with E-state index in [0.29, 0.717) is 11.7 Å². The van der Waals surface area contributed by atoms with Crippen LogP contribution >= 0.6 is 11.6 Å². The van der Waals surface area contributed by atoms with E-state index in [4.69, 9.17) is 11.6 Å². The first-order chi connectivity index (χ1) is 7.44. The molecule has 0 saturated carbocycles. The van der Waals surface area contributed by atoms with Gasteiger partial charge in [0.1, 0.15) is 5.82 Å². The Morgan fingerprint density at radius 2 is 2.31 bits per heavy atom. The van der Waals surface area contributed by atoms with Crippen molar-refractivity contribution in [3.8, 4) is 0 Å². The van der Waals surface area contributed by atoms with Gasteiger partial charge in [0.05, 0.1) is 12.3 Å². The van der Waals surface area contributed by atoms with Gasteiger partial charge in [0.2, 0.25) is 10.0 Å². The summed E-state index contributed by atoms with van der Waals surface area (Å²) in [6, 6.07) is 0. The number of halogens is 1. The molecule has 92 valence electrons. The first kappa shape index (κ1) is 13.5. The van der Waals surface area contributed by atoms with Crippen LogP contribution in [-0.2, 0) is 23.6 Å². The molecular formula is C9H16ClN3O2S. The summed E-state index contributed by atoms with van der Waals surface area (Å²) in [5.74, 6) is 1.01. The average Bonchev–Trinajstić information content (AvgIpc) is 2.60. The van der Waals surface area contributed by atoms with Crippen LogP contribution in [0, 0.1) is 5.92 Å². The summed E-state index contributed by atoms with van der Waals surface area (Å²) in [7, 11) is -1.46. The highest BCUT2D eigenvalue weighted by Gasteiger charge is 2.15. The smallest absolute Gasteiger partial charge is 0.212 e. The number of alkyl halides is 1. The summed E-state index contributed by atoms with van der Waals surface area (Å²) in [5.41, 5.74) is 0. The highest BCUT2D eigenvalue weighted by atomic mass is 35.5. The van der Waals surface area contributed by atoms with Crippen molar-refractivity contribution in [3.05, 3.63) is 18.2 Å². The van der Waals surface area contributed by atoms with E-state index >= 15 is 0 Å². The Kier molecular flexibility index (Phi) is 4.76. The molecule has 16 heavy (non-hydrogen) atoms. The van der Waals surface area contributed by atoms with Gasteiger partial charge in [0.25, 0.3) is 0 Å². The Hall–Kier alpha value is -0.590. The van der Waals surface area contributed by atoms with Crippen LogP contribution in [0.25, 0.3) is 0 Å². The van der Waals surface area contributed by atoms with Crippen molar-refractivity contribution in [3.63, 3.8) is 0 Å². The van der Waals surface area contributed by atoms with Gasteiger partial charge < -0.3 is 4.57 Å². The van der Waals surface area contributed by atoms with Gasteiger partial charge in [-0.15, -0.1) is 11.6 Å². The summed E-state index contributed by atoms with van der Waals surface area (Å²) in [4.78, 5) is 4.03. The van der Waals surface area contributed by atoms with E-state index in [1.807, 2.05) is 7.05 Å². The first-order valence-electron chi connectivity index (χ1n) is 4.94. The molecular weight excluding hydrogens is 250 g/mol. The summed E-state index contributed by atoms with van der Waals surface area (Å²) in [6.07, 6.45) is 3.40. The highest BCUT2D eigenvalue weighted by Crippen LogP contribution is 2.03. The lowest BCUT2D eigenvalue weighted by molar-refractivity contribution is 0.565. The Bertz CT molecular complexity index is 430. The molecule has 1 unspecified atom stereocenters. The number of imidazole rings is 1. The molecule has 0 radical (unpaired) electrons. The molecule has 1 rings (SSSR count). The third-order valence-electron chi connectivity index (χ3n) is 2.14. The van der Waals surface area contributed by atoms with Crippen LogP contribution < -0.4 is 4.72 Å². The molecule has 0 aromatic carbocycles. The summed E-state index contributed by atoms with van der Waals surface area (Å²) in [6.45, 7) is 2.01. The molecule has 1 heterocycles. The van der Waals surface area contributed by atoms with Gasteiger partial charge in [-0.2, -0.15) is 0 Å². The molecule has 1 N–H and O–H groups in total. The third-order valence-corrected chi connectivity index (χ3v) is 4.26. The zero-order valence-electron chi connectivity index (χ0n) is 9.35. The van der Waals surface area contributed by atoms with Gasteiger partial charge in [-0.3, -0.25) is 0 Å². The van der Waals surface area contributed by atoms with Gasteiger partial charge in [-0.1, -0.05) is 6.92 Å². The van der Waals surface area contributed by atoms with Crippen molar-refractivity contribution in [2.45, 2.75) is 13.5 Å². The van der Waals surface area contributed by atoms with E-state index in [9.17, 15) is 8.42 Å². The van der Waals surface area contributed by atoms with Crippen molar-refractivity contribution in [2.75, 3.05) is 11.6 Å². The van der Waals surface area contributed by atoms with Crippen molar-refractivity contribution >= 4 is 21.6 Å². The van der Waals surface area contributed by atoms with Crippen LogP contribution in [0.4, 0.5) is 0 Å². The minimum Gasteiger partial charge on any atom is -0.337 e. The van der Waals surface area contributed by atoms with Gasteiger partial charge in [0, 0.05) is 25.3 Å². The molecule has 0 spiro atoms. The number of rotatable bonds is 6. The Morgan fingerprint density at radius 1 is 1.62 bits per heavy atom. The molecule has 0 amide bonds. The molecule has 0 fully saturated rings. The van der Waals surface area contributed by atoms with Crippen molar-refractivity contribution in [1.82, 2.24) is 14.3 Å². The molecule has 0 bridgehead atoms. The summed E-state index contributed by atoms with van der Waals surface area (Å²) >= 11 is 5.57. The first-order valence-corrected chi connectivity index (χ1v) is 7.13. The standard InChI is InChI=1S/C9H16ClN3O2S/c1-8(5-10)7-16(14,15)12-6-9-11-3-4-13(9)2/h3-4,8,12H,5-7H2,1-2H3. The van der Waals surface area contributed by atoms with E-state index in [-0.39, 0.29) is 18.2 Å². The second-order valence-corrected chi connectivity index (χ2v) is 5.98. The Morgan fingerprint density at radius 3 is 2.81 bits per heavy atom. The predicted octanol–water partition coefficient (Wildman–Crippen LogP) is 0.714. The lowest BCUT2D eigenvalue weighted by Gasteiger charge is -2.09. The minimum atomic E-state index is -3.27. The summed E-state index contributed by atoms with van der Waals surface area (Å²) in [5, 5.41) is 0. The average molecular weight is 266 g/mol. The maximum Gasteiger partial charge on any atom is 0.212 e. The zero-order valence-corrected chi connectivity index (χ0v) is 10.9. The third kappa shape index (κ3) is 4.11. The topological polar surface area (TPSA) is 64.0 Å². The minimum absolute atomic E-state index is 0.0426. The fourth-order valence-corrected chi connectivity index (χ4v) is 2.79. The molecule has 0 aliphatic carbocycles. The summed E-state index contributed by atoms with van der Waals surface area (Å²) < 4.78 is 27.5. The number of nitrogens with zero attached hydrogens (tertiary/aromatic N) is 2. The lowest BCUT2D eigenvalue weighted by atomic mass is 10.3. The predicted molar refractivity (Wildman–Crippen MR) is 63.7 cm³/mol. The van der Waals surface area contributed by atoms with Crippen molar-refractivity contribution in [2.24, 2.45) is 13.0 Å². The second kappa shape index (κ2) is 5.65. The largest absolute Gasteiger partial charge is 0.337 e. The molecule has 0 saturated heterocycles. The second-order valence-electron chi connectivity index (χ2n) is 3.82. The Balaban J connectivity index is 2.52. The quantitative estimate of drug-likeness (QED) is 0.771. The number of aryl methyl sites for hydroxylation is 1. The SMILES string of the molecule is CC(CCl)CS(=O)(=O)NCc1nccn1C. The van der Waals surface area contributed by atoms with Crippen LogP contribution in [0.15, 0.2) is 12.4 Å². The van der Waals surface area contributed by atoms with E-state index in [1.165, 1.54) is 0 Å². The zero-order chi connectivity index (χ0) is 12.2. The number of sulfonamides is 1. The van der Waals surface area contributed by atoms with Crippen LogP contribution in [0.3, 0.4) is 0 Å². The van der Waals surface area contributed by atoms with Crippen molar-refractivity contribution < 1.29 is 8.42 Å². The fourth-order valence-electron chi connectivity index (χ4n) is 1.22. The molecule has 7 heteroatoms. The van der Waals surface area contributed by atoms with Gasteiger partial charge in [-0.25, -0.2) is 18.1 Å². The van der Waals surface area contributed by atoms with E-state index in [2.05, 4.69) is 9.71 Å². The van der Waals surface area contributed by atoms with Gasteiger partial charge >= 0.3 is 0 Å². The number of nitrogens with one attached hydrogen (secondary N) is 1. The molecule has 1 aromatic rings. The normalized spacial score (nSPS) is 13.9. The maximum absolute atomic E-state index is 11.6. The van der Waals surface area contributed by atoms with Crippen LogP contribution in [0.1, 0.15) is 12.7 Å². The molecule has 0 aliphatic rings. The number of aromatic nitrogens is 2. The van der Waals surface area contributed by atoms with E-state index in [1.54, 1.807) is 23.9 Å². The van der Waals surface area contributed by atoms with Crippen LogP contribution in [-0.4, -0.2) is 29.6 Å². The molecule has 5 nitrogen and oxygen atoms in total. The van der Waals surface area contributed by atoms with E-state index < -0.39 is 10.0 Å². The van der Waals surface area contributed by atoms with Gasteiger partial charge in [0.15, 0.2) is 0 Å². The molecule has 0 aliphatic heterocycles. The van der Waals surface area contributed by atoms with E-state index in [0.717, 1.165) is 0 Å². The van der Waals surface area contributed by atoms with Gasteiger partial charge in [-0.05, 0) is 5.92 Å².